The quantitative estimate of drug-likeness (QED) is 0.571. The van der Waals surface area contributed by atoms with Crippen LogP contribution in [0.1, 0.15) is 24.2 Å². The summed E-state index contributed by atoms with van der Waals surface area (Å²) in [4.78, 5) is 12.3. The van der Waals surface area contributed by atoms with Crippen LogP contribution in [0.15, 0.2) is 51.8 Å². The number of carbonyl (C=O) groups excluding carboxylic acids is 1. The maximum absolute atomic E-state index is 12.4. The molecular weight excluding hydrogens is 456 g/mol. The first-order chi connectivity index (χ1) is 12.7. The van der Waals surface area contributed by atoms with Crippen molar-refractivity contribution in [2.45, 2.75) is 24.8 Å². The first-order valence-corrected chi connectivity index (χ1v) is 10.8. The highest BCUT2D eigenvalue weighted by molar-refractivity contribution is 9.10. The maximum atomic E-state index is 12.4. The van der Waals surface area contributed by atoms with Crippen LogP contribution in [-0.4, -0.2) is 33.5 Å². The Morgan fingerprint density at radius 2 is 1.96 bits per heavy atom. The van der Waals surface area contributed by atoms with E-state index in [9.17, 15) is 13.2 Å². The molecule has 0 bridgehead atoms. The van der Waals surface area contributed by atoms with Gasteiger partial charge in [0, 0.05) is 10.5 Å². The molecule has 2 aromatic rings. The Morgan fingerprint density at radius 1 is 1.22 bits per heavy atom. The van der Waals surface area contributed by atoms with Gasteiger partial charge >= 0.3 is 0 Å². The molecule has 0 aliphatic rings. The molecule has 6 nitrogen and oxygen atoms in total. The zero-order valence-corrected chi connectivity index (χ0v) is 18.0. The fourth-order valence-electron chi connectivity index (χ4n) is 2.21. The maximum Gasteiger partial charge on any atom is 0.252 e. The highest BCUT2D eigenvalue weighted by atomic mass is 79.9. The van der Waals surface area contributed by atoms with Gasteiger partial charge in [-0.25, -0.2) is 13.1 Å². The van der Waals surface area contributed by atoms with Crippen molar-refractivity contribution in [2.24, 2.45) is 0 Å². The first-order valence-electron chi connectivity index (χ1n) is 8.17. The number of amides is 1. The van der Waals surface area contributed by atoms with Crippen LogP contribution in [0, 0.1) is 0 Å². The Balaban J connectivity index is 2.00. The van der Waals surface area contributed by atoms with Crippen LogP contribution in [0.4, 0.5) is 0 Å². The second-order valence-corrected chi connectivity index (χ2v) is 9.02. The number of nitrogens with one attached hydrogen (secondary N) is 2. The van der Waals surface area contributed by atoms with Crippen molar-refractivity contribution >= 4 is 43.5 Å². The molecule has 9 heteroatoms. The molecule has 0 aliphatic carbocycles. The minimum atomic E-state index is -3.72. The van der Waals surface area contributed by atoms with Crippen LogP contribution in [0.3, 0.4) is 0 Å². The molecule has 146 valence electrons. The van der Waals surface area contributed by atoms with Gasteiger partial charge in [-0.3, -0.25) is 4.79 Å². The van der Waals surface area contributed by atoms with E-state index in [1.165, 1.54) is 18.2 Å². The summed E-state index contributed by atoms with van der Waals surface area (Å²) in [6.07, 6.45) is 0. The lowest BCUT2D eigenvalue weighted by molar-refractivity contribution is 0.0947. The number of benzene rings is 2. The van der Waals surface area contributed by atoms with E-state index in [1.807, 2.05) is 18.2 Å². The van der Waals surface area contributed by atoms with Gasteiger partial charge in [0.15, 0.2) is 0 Å². The van der Waals surface area contributed by atoms with Crippen LogP contribution in [0.25, 0.3) is 0 Å². The van der Waals surface area contributed by atoms with Gasteiger partial charge in [0.2, 0.25) is 10.0 Å². The van der Waals surface area contributed by atoms with E-state index in [-0.39, 0.29) is 34.7 Å². The van der Waals surface area contributed by atoms with Gasteiger partial charge < -0.3 is 10.1 Å². The smallest absolute Gasteiger partial charge is 0.252 e. The summed E-state index contributed by atoms with van der Waals surface area (Å²) in [5.41, 5.74) is 0.0887. The summed E-state index contributed by atoms with van der Waals surface area (Å²) in [5, 5.41) is 2.84. The molecule has 0 heterocycles. The molecule has 0 spiro atoms. The Labute approximate surface area is 172 Å². The van der Waals surface area contributed by atoms with E-state index in [0.717, 1.165) is 4.47 Å². The van der Waals surface area contributed by atoms with Crippen molar-refractivity contribution in [2.75, 3.05) is 13.2 Å². The molecule has 0 aliphatic heterocycles. The van der Waals surface area contributed by atoms with E-state index in [4.69, 9.17) is 16.3 Å². The Morgan fingerprint density at radius 3 is 2.63 bits per heavy atom. The molecule has 1 amide bonds. The molecule has 0 aromatic heterocycles. The van der Waals surface area contributed by atoms with Crippen LogP contribution >= 0.6 is 27.5 Å². The average Bonchev–Trinajstić information content (AvgIpc) is 2.57. The third-order valence-corrected chi connectivity index (χ3v) is 5.82. The number of hydrogen-bond donors (Lipinski definition) is 2. The first kappa shape index (κ1) is 21.7. The lowest BCUT2D eigenvalue weighted by Gasteiger charge is -2.12. The molecule has 0 saturated carbocycles. The zero-order valence-electron chi connectivity index (χ0n) is 14.8. The number of sulfonamides is 1. The second-order valence-electron chi connectivity index (χ2n) is 5.98. The lowest BCUT2D eigenvalue weighted by Crippen LogP contribution is -2.31. The van der Waals surface area contributed by atoms with Crippen molar-refractivity contribution in [3.8, 4) is 5.75 Å². The predicted molar refractivity (Wildman–Crippen MR) is 109 cm³/mol. The summed E-state index contributed by atoms with van der Waals surface area (Å²) < 4.78 is 33.4. The molecule has 2 rings (SSSR count). The fourth-order valence-corrected chi connectivity index (χ4v) is 4.07. The van der Waals surface area contributed by atoms with Crippen LogP contribution in [0.2, 0.25) is 5.02 Å². The molecule has 0 saturated heterocycles. The number of hydrogen-bond acceptors (Lipinski definition) is 4. The molecular formula is C18H20BrClN2O4S. The van der Waals surface area contributed by atoms with Gasteiger partial charge in [0.05, 0.1) is 22.0 Å². The number of halogens is 2. The van der Waals surface area contributed by atoms with E-state index in [2.05, 4.69) is 26.0 Å². The van der Waals surface area contributed by atoms with Gasteiger partial charge in [-0.05, 0) is 50.2 Å². The molecule has 0 atom stereocenters. The van der Waals surface area contributed by atoms with E-state index < -0.39 is 15.9 Å². The minimum absolute atomic E-state index is 0.0175. The lowest BCUT2D eigenvalue weighted by atomic mass is 10.2. The predicted octanol–water partition coefficient (Wildman–Crippen LogP) is 3.60. The van der Waals surface area contributed by atoms with E-state index in [0.29, 0.717) is 5.75 Å². The van der Waals surface area contributed by atoms with Crippen LogP contribution in [-0.2, 0) is 10.0 Å². The SMILES string of the molecule is CC(C)NS(=O)(=O)c1ccc(Cl)c(C(=O)NCCOc2cccc(Br)c2)c1. The van der Waals surface area contributed by atoms with Crippen molar-refractivity contribution < 1.29 is 17.9 Å². The summed E-state index contributed by atoms with van der Waals surface area (Å²) in [7, 11) is -3.72. The van der Waals surface area contributed by atoms with Gasteiger partial charge in [0.1, 0.15) is 12.4 Å². The van der Waals surface area contributed by atoms with Gasteiger partial charge in [0.25, 0.3) is 5.91 Å². The molecule has 0 radical (unpaired) electrons. The molecule has 0 fully saturated rings. The van der Waals surface area contributed by atoms with E-state index >= 15 is 0 Å². The molecule has 0 unspecified atom stereocenters. The third kappa shape index (κ3) is 6.49. The highest BCUT2D eigenvalue weighted by Gasteiger charge is 2.19. The standard InChI is InChI=1S/C18H20BrClN2O4S/c1-12(2)22-27(24,25)15-6-7-17(20)16(11-15)18(23)21-8-9-26-14-5-3-4-13(19)10-14/h3-7,10-12,22H,8-9H2,1-2H3,(H,21,23). The van der Waals surface area contributed by atoms with Crippen molar-refractivity contribution in [3.63, 3.8) is 0 Å². The number of rotatable bonds is 8. The van der Waals surface area contributed by atoms with Crippen molar-refractivity contribution in [1.29, 1.82) is 0 Å². The monoisotopic (exact) mass is 474 g/mol. The summed E-state index contributed by atoms with van der Waals surface area (Å²) in [6, 6.07) is 11.1. The minimum Gasteiger partial charge on any atom is -0.492 e. The zero-order chi connectivity index (χ0) is 20.0. The normalized spacial score (nSPS) is 11.4. The van der Waals surface area contributed by atoms with Crippen molar-refractivity contribution in [1.82, 2.24) is 10.0 Å². The Hall–Kier alpha value is -1.61. The summed E-state index contributed by atoms with van der Waals surface area (Å²) in [5.74, 6) is 0.198. The van der Waals surface area contributed by atoms with Crippen LogP contribution < -0.4 is 14.8 Å². The summed E-state index contributed by atoms with van der Waals surface area (Å²) >= 11 is 9.41. The topological polar surface area (TPSA) is 84.5 Å². The Kier molecular flexibility index (Phi) is 7.67. The summed E-state index contributed by atoms with van der Waals surface area (Å²) in [6.45, 7) is 3.92. The molecule has 27 heavy (non-hydrogen) atoms. The fraction of sp³-hybridized carbons (Fsp3) is 0.278. The third-order valence-electron chi connectivity index (χ3n) is 3.34. The largest absolute Gasteiger partial charge is 0.492 e. The molecule has 2 N–H and O–H groups in total. The number of ether oxygens (including phenoxy) is 1. The Bertz CT molecular complexity index is 919. The van der Waals surface area contributed by atoms with E-state index in [1.54, 1.807) is 19.9 Å². The average molecular weight is 476 g/mol. The number of carbonyl (C=O) groups is 1. The molecule has 2 aromatic carbocycles. The van der Waals surface area contributed by atoms with Gasteiger partial charge in [-0.1, -0.05) is 33.6 Å². The highest BCUT2D eigenvalue weighted by Crippen LogP contribution is 2.21. The second kappa shape index (κ2) is 9.54. The van der Waals surface area contributed by atoms with Gasteiger partial charge in [-0.2, -0.15) is 0 Å². The van der Waals surface area contributed by atoms with Gasteiger partial charge in [-0.15, -0.1) is 0 Å². The van der Waals surface area contributed by atoms with Crippen LogP contribution in [0.5, 0.6) is 5.75 Å². The van der Waals surface area contributed by atoms with Crippen molar-refractivity contribution in [3.05, 3.63) is 57.5 Å².